The quantitative estimate of drug-likeness (QED) is 0.217. The third kappa shape index (κ3) is 163. The summed E-state index contributed by atoms with van der Waals surface area (Å²) in [5, 5.41) is 0. The van der Waals surface area contributed by atoms with Crippen LogP contribution in [0.5, 0.6) is 0 Å². The normalized spacial score (nSPS) is 7.25. The molecule has 0 aliphatic carbocycles. The summed E-state index contributed by atoms with van der Waals surface area (Å²) in [5.74, 6) is 0. The van der Waals surface area contributed by atoms with Crippen molar-refractivity contribution in [3.63, 3.8) is 0 Å². The zero-order chi connectivity index (χ0) is 4.50. The second-order valence-electron chi connectivity index (χ2n) is 0.408. The molecule has 0 atom stereocenters. The Kier molecular flexibility index (Phi) is 23.8. The van der Waals surface area contributed by atoms with E-state index in [1.807, 2.05) is 0 Å². The van der Waals surface area contributed by atoms with Gasteiger partial charge in [-0.25, -0.2) is 0 Å². The van der Waals surface area contributed by atoms with Crippen molar-refractivity contribution >= 4 is 10.4 Å². The molecule has 0 aliphatic rings. The molecule has 0 saturated heterocycles. The van der Waals surface area contributed by atoms with Crippen LogP contribution in [0, 0.1) is 0 Å². The molecule has 0 amide bonds. The van der Waals surface area contributed by atoms with Gasteiger partial charge in [0.15, 0.2) is 0 Å². The van der Waals surface area contributed by atoms with E-state index in [-0.39, 0.29) is 52.1 Å². The van der Waals surface area contributed by atoms with Gasteiger partial charge in [-0.3, -0.25) is 8.42 Å². The van der Waals surface area contributed by atoms with E-state index in [1.165, 1.54) is 0 Å². The molecule has 8 heteroatoms. The maximum atomic E-state index is 8.52. The zero-order valence-electron chi connectivity index (χ0n) is 3.92. The fourth-order valence-corrected chi connectivity index (χ4v) is 0. The minimum absolute atomic E-state index is 0. The van der Waals surface area contributed by atoms with Gasteiger partial charge in [-0.15, -0.1) is 0 Å². The minimum atomic E-state index is -5.17. The molecule has 0 saturated carbocycles. The minimum Gasteiger partial charge on any atom is -0.759 e. The fraction of sp³-hybridized carbons (Fsp3) is 0. The van der Waals surface area contributed by atoms with Crippen LogP contribution < -0.4 is 29.6 Å². The Morgan fingerprint density at radius 1 is 1.12 bits per heavy atom. The van der Waals surface area contributed by atoms with Crippen LogP contribution in [0.3, 0.4) is 0 Å². The zero-order valence-corrected chi connectivity index (χ0v) is 7.92. The molecule has 0 unspecified atom stereocenters. The van der Waals surface area contributed by atoms with E-state index < -0.39 is 10.4 Å². The van der Waals surface area contributed by atoms with Crippen LogP contribution in [0.25, 0.3) is 0 Å². The first-order valence-corrected chi connectivity index (χ1v) is 2.00. The molecule has 0 bridgehead atoms. The molecule has 45 valence electrons. The van der Waals surface area contributed by atoms with Gasteiger partial charge in [0, 0.05) is 10.4 Å². The standard InChI is InChI=1S/Mn.Na.H2O4S.H2O/c;;1-5(2,3)4;/h;;(H2,1,2,3,4);1H2/q+2;+1;;/p-2. The summed E-state index contributed by atoms with van der Waals surface area (Å²) in [5.41, 5.74) is 0. The Hall–Kier alpha value is 1.35. The molecule has 0 aromatic carbocycles. The van der Waals surface area contributed by atoms with Crippen LogP contribution in [0.2, 0.25) is 0 Å². The van der Waals surface area contributed by atoms with Gasteiger partial charge >= 0.3 is 46.6 Å². The van der Waals surface area contributed by atoms with Crippen LogP contribution in [0.4, 0.5) is 0 Å². The molecule has 5 nitrogen and oxygen atoms in total. The first-order chi connectivity index (χ1) is 2.00. The van der Waals surface area contributed by atoms with Gasteiger partial charge in [-0.2, -0.15) is 0 Å². The van der Waals surface area contributed by atoms with Gasteiger partial charge in [0.05, 0.1) is 0 Å². The van der Waals surface area contributed by atoms with E-state index in [2.05, 4.69) is 0 Å². The van der Waals surface area contributed by atoms with Gasteiger partial charge in [0.25, 0.3) is 0 Å². The second-order valence-corrected chi connectivity index (χ2v) is 1.22. The predicted molar refractivity (Wildman–Crippen MR) is 14.1 cm³/mol. The Bertz CT molecular complexity index is 95.6. The third-order valence-corrected chi connectivity index (χ3v) is 0. The third-order valence-electron chi connectivity index (χ3n) is 0. The van der Waals surface area contributed by atoms with E-state index in [0.717, 1.165) is 0 Å². The average molecular weight is 192 g/mol. The molecule has 8 heavy (non-hydrogen) atoms. The molecule has 0 heterocycles. The molecular weight excluding hydrogens is 190 g/mol. The van der Waals surface area contributed by atoms with E-state index in [4.69, 9.17) is 17.5 Å². The summed E-state index contributed by atoms with van der Waals surface area (Å²) in [4.78, 5) is 0. The van der Waals surface area contributed by atoms with Gasteiger partial charge in [-0.1, -0.05) is 0 Å². The van der Waals surface area contributed by atoms with Gasteiger partial charge in [0.1, 0.15) is 0 Å². The largest absolute Gasteiger partial charge is 2.00 e. The Labute approximate surface area is 79.5 Å². The van der Waals surface area contributed by atoms with Crippen molar-refractivity contribution in [2.75, 3.05) is 0 Å². The van der Waals surface area contributed by atoms with Crippen LogP contribution in [0.1, 0.15) is 0 Å². The number of hydrogen-bond donors (Lipinski definition) is 0. The molecular formula is H2MnNaO5S+. The molecule has 0 fully saturated rings. The first kappa shape index (κ1) is 22.8. The summed E-state index contributed by atoms with van der Waals surface area (Å²) in [6.07, 6.45) is 0. The SMILES string of the molecule is O.O=S(=O)([O-])[O-].[Mn+2].[Na+]. The van der Waals surface area contributed by atoms with Crippen molar-refractivity contribution in [2.45, 2.75) is 0 Å². The van der Waals surface area contributed by atoms with E-state index in [9.17, 15) is 0 Å². The molecule has 1 radical (unpaired) electrons. The Balaban J connectivity index is -0.0000000267. The van der Waals surface area contributed by atoms with Crippen molar-refractivity contribution in [1.29, 1.82) is 0 Å². The van der Waals surface area contributed by atoms with E-state index >= 15 is 0 Å². The maximum Gasteiger partial charge on any atom is 2.00 e. The van der Waals surface area contributed by atoms with Crippen LogP contribution in [-0.2, 0) is 27.5 Å². The van der Waals surface area contributed by atoms with Gasteiger partial charge in [-0.05, 0) is 0 Å². The Morgan fingerprint density at radius 3 is 1.12 bits per heavy atom. The smallest absolute Gasteiger partial charge is 0.759 e. The van der Waals surface area contributed by atoms with Crippen LogP contribution in [0.15, 0.2) is 0 Å². The molecule has 0 aromatic rings. The molecule has 0 aliphatic heterocycles. The topological polar surface area (TPSA) is 112 Å². The average Bonchev–Trinajstić information content (AvgIpc) is 0.722. The van der Waals surface area contributed by atoms with Crippen molar-refractivity contribution < 1.29 is 69.6 Å². The molecule has 0 rings (SSSR count). The molecule has 2 N–H and O–H groups in total. The first-order valence-electron chi connectivity index (χ1n) is 0.667. The summed E-state index contributed by atoms with van der Waals surface area (Å²) < 4.78 is 34.1. The summed E-state index contributed by atoms with van der Waals surface area (Å²) >= 11 is 0. The second kappa shape index (κ2) is 8.35. The summed E-state index contributed by atoms with van der Waals surface area (Å²) in [7, 11) is -5.17. The van der Waals surface area contributed by atoms with Crippen molar-refractivity contribution in [2.24, 2.45) is 0 Å². The monoisotopic (exact) mass is 192 g/mol. The summed E-state index contributed by atoms with van der Waals surface area (Å²) in [6, 6.07) is 0. The van der Waals surface area contributed by atoms with Gasteiger partial charge in [0.2, 0.25) is 0 Å². The Morgan fingerprint density at radius 2 is 1.12 bits per heavy atom. The van der Waals surface area contributed by atoms with Crippen molar-refractivity contribution in [3.8, 4) is 0 Å². The fourth-order valence-electron chi connectivity index (χ4n) is 0. The predicted octanol–water partition coefficient (Wildman–Crippen LogP) is -5.16. The number of rotatable bonds is 0. The molecule has 0 spiro atoms. The molecule has 0 aromatic heterocycles. The van der Waals surface area contributed by atoms with Crippen LogP contribution >= 0.6 is 0 Å². The van der Waals surface area contributed by atoms with Crippen molar-refractivity contribution in [3.05, 3.63) is 0 Å². The summed E-state index contributed by atoms with van der Waals surface area (Å²) in [6.45, 7) is 0. The van der Waals surface area contributed by atoms with Crippen LogP contribution in [-0.4, -0.2) is 23.0 Å². The van der Waals surface area contributed by atoms with E-state index in [0.29, 0.717) is 0 Å². The van der Waals surface area contributed by atoms with Crippen molar-refractivity contribution in [1.82, 2.24) is 0 Å². The van der Waals surface area contributed by atoms with E-state index in [1.54, 1.807) is 0 Å². The van der Waals surface area contributed by atoms with Gasteiger partial charge < -0.3 is 14.6 Å². The maximum absolute atomic E-state index is 8.52. The number of hydrogen-bond acceptors (Lipinski definition) is 4.